The van der Waals surface area contributed by atoms with Gasteiger partial charge in [0.2, 0.25) is 0 Å². The molecule has 1 aliphatic rings. The number of phenolic OH excluding ortho intramolecular Hbond substituents is 1. The minimum atomic E-state index is -4.94. The zero-order valence-electron chi connectivity index (χ0n) is 11.8. The Hall–Kier alpha value is -2.58. The van der Waals surface area contributed by atoms with E-state index in [-0.39, 0.29) is 0 Å². The van der Waals surface area contributed by atoms with Gasteiger partial charge in [0.1, 0.15) is 17.1 Å². The number of phenols is 1. The molecule has 1 heterocycles. The van der Waals surface area contributed by atoms with Crippen molar-refractivity contribution in [3.63, 3.8) is 0 Å². The van der Waals surface area contributed by atoms with Crippen LogP contribution in [0, 0.1) is 5.82 Å². The van der Waals surface area contributed by atoms with E-state index in [1.54, 1.807) is 0 Å². The third-order valence-corrected chi connectivity index (χ3v) is 2.87. The Morgan fingerprint density at radius 3 is 2.13 bits per heavy atom. The largest absolute Gasteiger partial charge is 0.507 e. The van der Waals surface area contributed by atoms with Crippen LogP contribution in [0.15, 0.2) is 17.7 Å². The first-order chi connectivity index (χ1) is 10.4. The second kappa shape index (κ2) is 5.25. The average molecular weight is 334 g/mol. The van der Waals surface area contributed by atoms with Gasteiger partial charge in [-0.05, 0) is 18.2 Å². The Morgan fingerprint density at radius 2 is 1.65 bits per heavy atom. The second-order valence-electron chi connectivity index (χ2n) is 5.09. The molecule has 0 amide bonds. The molecule has 5 nitrogen and oxygen atoms in total. The van der Waals surface area contributed by atoms with Crippen LogP contribution in [0.1, 0.15) is 25.0 Å². The average Bonchev–Trinajstić information content (AvgIpc) is 2.33. The first kappa shape index (κ1) is 16.8. The van der Waals surface area contributed by atoms with Gasteiger partial charge in [0.15, 0.2) is 0 Å². The molecule has 0 spiro atoms. The molecule has 2 rings (SSSR count). The fourth-order valence-electron chi connectivity index (χ4n) is 1.87. The smallest absolute Gasteiger partial charge is 0.419 e. The van der Waals surface area contributed by atoms with Crippen LogP contribution in [-0.4, -0.2) is 22.8 Å². The fourth-order valence-corrected chi connectivity index (χ4v) is 1.87. The third kappa shape index (κ3) is 3.27. The molecule has 1 aliphatic heterocycles. The summed E-state index contributed by atoms with van der Waals surface area (Å²) in [6.07, 6.45) is -4.49. The Morgan fingerprint density at radius 1 is 1.13 bits per heavy atom. The minimum absolute atomic E-state index is 0.341. The normalized spacial score (nSPS) is 17.6. The maximum absolute atomic E-state index is 13.7. The first-order valence-corrected chi connectivity index (χ1v) is 6.19. The molecule has 1 aromatic rings. The number of ether oxygens (including phenoxy) is 2. The van der Waals surface area contributed by atoms with E-state index in [1.807, 2.05) is 0 Å². The van der Waals surface area contributed by atoms with E-state index < -0.39 is 52.2 Å². The zero-order chi connectivity index (χ0) is 17.6. The molecular weight excluding hydrogens is 324 g/mol. The van der Waals surface area contributed by atoms with Gasteiger partial charge < -0.3 is 14.6 Å². The highest BCUT2D eigenvalue weighted by molar-refractivity contribution is 6.19. The van der Waals surface area contributed by atoms with Gasteiger partial charge in [-0.25, -0.2) is 14.0 Å². The van der Waals surface area contributed by atoms with Gasteiger partial charge in [0, 0.05) is 13.8 Å². The van der Waals surface area contributed by atoms with E-state index >= 15 is 0 Å². The molecule has 9 heteroatoms. The van der Waals surface area contributed by atoms with Crippen molar-refractivity contribution in [3.05, 3.63) is 34.6 Å². The van der Waals surface area contributed by atoms with Gasteiger partial charge in [-0.15, -0.1) is 0 Å². The summed E-state index contributed by atoms with van der Waals surface area (Å²) in [4.78, 5) is 23.4. The maximum atomic E-state index is 13.7. The summed E-state index contributed by atoms with van der Waals surface area (Å²) in [7, 11) is 0. The standard InChI is InChI=1S/C14H10F4O5/c1-13(2)22-11(20)7(12(21)23-13)5-6-9(15)4-3-8(10(6)19)14(16,17)18/h3-5,19H,1-2H3. The summed E-state index contributed by atoms with van der Waals surface area (Å²) in [6, 6.07) is 0.797. The van der Waals surface area contributed by atoms with Crippen molar-refractivity contribution < 1.29 is 41.7 Å². The lowest BCUT2D eigenvalue weighted by Gasteiger charge is -2.29. The molecule has 0 unspecified atom stereocenters. The predicted octanol–water partition coefficient (Wildman–Crippen LogP) is 2.77. The van der Waals surface area contributed by atoms with Gasteiger partial charge in [-0.3, -0.25) is 0 Å². The molecule has 0 aliphatic carbocycles. The topological polar surface area (TPSA) is 72.8 Å². The van der Waals surface area contributed by atoms with Crippen LogP contribution in [-0.2, 0) is 25.2 Å². The Kier molecular flexibility index (Phi) is 3.83. The number of esters is 2. The fraction of sp³-hybridized carbons (Fsp3) is 0.286. The highest BCUT2D eigenvalue weighted by Crippen LogP contribution is 2.39. The summed E-state index contributed by atoms with van der Waals surface area (Å²) in [5.41, 5.74) is -3.31. The first-order valence-electron chi connectivity index (χ1n) is 6.19. The zero-order valence-corrected chi connectivity index (χ0v) is 11.8. The van der Waals surface area contributed by atoms with Crippen LogP contribution < -0.4 is 0 Å². The SMILES string of the molecule is CC1(C)OC(=O)C(=Cc2c(F)ccc(C(F)(F)F)c2O)C(=O)O1. The number of benzene rings is 1. The molecule has 0 atom stereocenters. The van der Waals surface area contributed by atoms with Crippen molar-refractivity contribution >= 4 is 18.0 Å². The molecule has 1 aromatic carbocycles. The molecule has 0 radical (unpaired) electrons. The van der Waals surface area contributed by atoms with Crippen LogP contribution >= 0.6 is 0 Å². The van der Waals surface area contributed by atoms with Crippen molar-refractivity contribution in [1.82, 2.24) is 0 Å². The second-order valence-corrected chi connectivity index (χ2v) is 5.09. The quantitative estimate of drug-likeness (QED) is 0.370. The number of rotatable bonds is 1. The van der Waals surface area contributed by atoms with Crippen molar-refractivity contribution in [2.24, 2.45) is 0 Å². The van der Waals surface area contributed by atoms with Crippen LogP contribution in [0.25, 0.3) is 6.08 Å². The van der Waals surface area contributed by atoms with Gasteiger partial charge in [0.05, 0.1) is 11.1 Å². The highest BCUT2D eigenvalue weighted by atomic mass is 19.4. The number of alkyl halides is 3. The number of hydrogen-bond acceptors (Lipinski definition) is 5. The van der Waals surface area contributed by atoms with Crippen molar-refractivity contribution in [1.29, 1.82) is 0 Å². The molecule has 1 fully saturated rings. The van der Waals surface area contributed by atoms with E-state index in [2.05, 4.69) is 0 Å². The van der Waals surface area contributed by atoms with Crippen LogP contribution in [0.2, 0.25) is 0 Å². The molecular formula is C14H10F4O5. The molecule has 1 N–H and O–H groups in total. The van der Waals surface area contributed by atoms with E-state index in [1.165, 1.54) is 13.8 Å². The lowest BCUT2D eigenvalue weighted by molar-refractivity contribution is -0.222. The van der Waals surface area contributed by atoms with Gasteiger partial charge in [-0.2, -0.15) is 13.2 Å². The summed E-state index contributed by atoms with van der Waals surface area (Å²) < 4.78 is 61.3. The summed E-state index contributed by atoms with van der Waals surface area (Å²) in [6.45, 7) is 2.53. The number of halogens is 4. The van der Waals surface area contributed by atoms with Crippen LogP contribution in [0.3, 0.4) is 0 Å². The van der Waals surface area contributed by atoms with Crippen molar-refractivity contribution in [2.75, 3.05) is 0 Å². The minimum Gasteiger partial charge on any atom is -0.507 e. The molecule has 0 saturated carbocycles. The highest BCUT2D eigenvalue weighted by Gasteiger charge is 2.40. The van der Waals surface area contributed by atoms with Gasteiger partial charge in [-0.1, -0.05) is 0 Å². The summed E-state index contributed by atoms with van der Waals surface area (Å²) in [5.74, 6) is -6.67. The predicted molar refractivity (Wildman–Crippen MR) is 67.3 cm³/mol. The monoisotopic (exact) mass is 334 g/mol. The number of carbonyl (C=O) groups excluding carboxylic acids is 2. The van der Waals surface area contributed by atoms with Gasteiger partial charge >= 0.3 is 18.1 Å². The van der Waals surface area contributed by atoms with Crippen molar-refractivity contribution in [3.8, 4) is 5.75 Å². The van der Waals surface area contributed by atoms with Crippen LogP contribution in [0.4, 0.5) is 17.6 Å². The molecule has 1 saturated heterocycles. The third-order valence-electron chi connectivity index (χ3n) is 2.87. The number of carbonyl (C=O) groups is 2. The summed E-state index contributed by atoms with van der Waals surface area (Å²) >= 11 is 0. The van der Waals surface area contributed by atoms with E-state index in [4.69, 9.17) is 9.47 Å². The van der Waals surface area contributed by atoms with E-state index in [9.17, 15) is 32.3 Å². The number of cyclic esters (lactones) is 2. The molecule has 23 heavy (non-hydrogen) atoms. The van der Waals surface area contributed by atoms with E-state index in [0.29, 0.717) is 18.2 Å². The maximum Gasteiger partial charge on any atom is 0.419 e. The number of aromatic hydroxyl groups is 1. The molecule has 124 valence electrons. The Balaban J connectivity index is 2.55. The lowest BCUT2D eigenvalue weighted by atomic mass is 10.0. The lowest BCUT2D eigenvalue weighted by Crippen LogP contribution is -2.41. The van der Waals surface area contributed by atoms with Gasteiger partial charge in [0.25, 0.3) is 5.79 Å². The summed E-state index contributed by atoms with van der Waals surface area (Å²) in [5, 5.41) is 9.60. The Labute approximate surface area is 127 Å². The van der Waals surface area contributed by atoms with E-state index in [0.717, 1.165) is 0 Å². The number of hydrogen-bond donors (Lipinski definition) is 1. The Bertz CT molecular complexity index is 697. The van der Waals surface area contributed by atoms with Crippen molar-refractivity contribution in [2.45, 2.75) is 25.8 Å². The molecule has 0 aromatic heterocycles. The van der Waals surface area contributed by atoms with Crippen LogP contribution in [0.5, 0.6) is 5.75 Å². The molecule has 0 bridgehead atoms.